The molecule has 0 aliphatic rings. The number of hydrogen-bond donors (Lipinski definition) is 1. The summed E-state index contributed by atoms with van der Waals surface area (Å²) >= 11 is 3.35. The van der Waals surface area contributed by atoms with Gasteiger partial charge in [-0.05, 0) is 23.6 Å². The molecule has 0 spiro atoms. The van der Waals surface area contributed by atoms with Crippen molar-refractivity contribution in [2.75, 3.05) is 7.11 Å². The van der Waals surface area contributed by atoms with E-state index in [0.717, 1.165) is 9.86 Å². The Hall–Kier alpha value is -1.55. The smallest absolute Gasteiger partial charge is 0.340 e. The zero-order valence-electron chi connectivity index (χ0n) is 8.53. The first-order valence-corrected chi connectivity index (χ1v) is 5.42. The normalized spacial score (nSPS) is 10.4. The van der Waals surface area contributed by atoms with E-state index in [2.05, 4.69) is 15.9 Å². The molecule has 2 aromatic carbocycles. The lowest BCUT2D eigenvalue weighted by Gasteiger charge is -2.08. The minimum Gasteiger partial charge on any atom is -0.496 e. The first-order valence-electron chi connectivity index (χ1n) is 4.63. The fourth-order valence-electron chi connectivity index (χ4n) is 1.67. The molecule has 16 heavy (non-hydrogen) atoms. The van der Waals surface area contributed by atoms with Gasteiger partial charge in [-0.25, -0.2) is 4.79 Å². The third-order valence-corrected chi connectivity index (χ3v) is 2.87. The number of halogens is 1. The molecular formula is C12H9BrO3. The number of aromatic carboxylic acids is 1. The van der Waals surface area contributed by atoms with Crippen molar-refractivity contribution in [3.63, 3.8) is 0 Å². The van der Waals surface area contributed by atoms with Crippen LogP contribution in [0.4, 0.5) is 0 Å². The van der Waals surface area contributed by atoms with E-state index in [-0.39, 0.29) is 5.56 Å². The average molecular weight is 281 g/mol. The molecule has 0 atom stereocenters. The van der Waals surface area contributed by atoms with Crippen LogP contribution in [0, 0.1) is 0 Å². The second-order valence-corrected chi connectivity index (χ2v) is 4.23. The van der Waals surface area contributed by atoms with Crippen molar-refractivity contribution in [2.24, 2.45) is 0 Å². The minimum absolute atomic E-state index is 0.201. The number of carboxylic acid groups (broad SMARTS) is 1. The van der Waals surface area contributed by atoms with E-state index in [9.17, 15) is 9.90 Å². The van der Waals surface area contributed by atoms with Crippen LogP contribution in [0.2, 0.25) is 0 Å². The Balaban J connectivity index is 2.84. The maximum absolute atomic E-state index is 11.2. The molecule has 2 aromatic rings. The van der Waals surface area contributed by atoms with Gasteiger partial charge in [-0.15, -0.1) is 0 Å². The Morgan fingerprint density at radius 2 is 2.06 bits per heavy atom. The molecule has 3 nitrogen and oxygen atoms in total. The Morgan fingerprint density at radius 1 is 1.31 bits per heavy atom. The van der Waals surface area contributed by atoms with E-state index in [1.54, 1.807) is 12.1 Å². The van der Waals surface area contributed by atoms with Gasteiger partial charge in [-0.1, -0.05) is 28.1 Å². The van der Waals surface area contributed by atoms with Crippen LogP contribution in [0.1, 0.15) is 10.4 Å². The lowest BCUT2D eigenvalue weighted by Crippen LogP contribution is -2.01. The molecule has 0 fully saturated rings. The minimum atomic E-state index is -0.982. The van der Waals surface area contributed by atoms with E-state index in [4.69, 9.17) is 4.74 Å². The third-order valence-electron chi connectivity index (χ3n) is 2.38. The van der Waals surface area contributed by atoms with Crippen LogP contribution < -0.4 is 4.74 Å². The Morgan fingerprint density at radius 3 is 2.69 bits per heavy atom. The zero-order chi connectivity index (χ0) is 11.7. The number of hydrogen-bond acceptors (Lipinski definition) is 2. The number of carboxylic acids is 1. The fourth-order valence-corrected chi connectivity index (χ4v) is 2.05. The van der Waals surface area contributed by atoms with Crippen LogP contribution in [0.15, 0.2) is 34.8 Å². The highest BCUT2D eigenvalue weighted by Gasteiger charge is 2.14. The number of rotatable bonds is 2. The van der Waals surface area contributed by atoms with Gasteiger partial charge < -0.3 is 9.84 Å². The van der Waals surface area contributed by atoms with Crippen LogP contribution in [0.5, 0.6) is 5.75 Å². The first-order chi connectivity index (χ1) is 7.63. The van der Waals surface area contributed by atoms with E-state index < -0.39 is 5.97 Å². The second kappa shape index (κ2) is 4.14. The number of carbonyl (C=O) groups is 1. The molecule has 0 saturated heterocycles. The van der Waals surface area contributed by atoms with Gasteiger partial charge in [-0.2, -0.15) is 0 Å². The third kappa shape index (κ3) is 1.76. The predicted octanol–water partition coefficient (Wildman–Crippen LogP) is 3.31. The van der Waals surface area contributed by atoms with Gasteiger partial charge in [-0.3, -0.25) is 0 Å². The molecule has 0 aromatic heterocycles. The van der Waals surface area contributed by atoms with Crippen LogP contribution in [0.25, 0.3) is 10.8 Å². The lowest BCUT2D eigenvalue weighted by atomic mass is 10.0. The molecule has 0 aliphatic carbocycles. The Labute approximate surface area is 101 Å². The van der Waals surface area contributed by atoms with Gasteiger partial charge in [0.2, 0.25) is 0 Å². The van der Waals surface area contributed by atoms with Crippen molar-refractivity contribution < 1.29 is 14.6 Å². The number of methoxy groups -OCH3 is 1. The molecule has 0 aliphatic heterocycles. The summed E-state index contributed by atoms with van der Waals surface area (Å²) in [5.74, 6) is -0.605. The summed E-state index contributed by atoms with van der Waals surface area (Å²) in [6.07, 6.45) is 0. The Bertz CT molecular complexity index is 563. The molecule has 4 heteroatoms. The summed E-state index contributed by atoms with van der Waals surface area (Å²) in [5, 5.41) is 10.7. The van der Waals surface area contributed by atoms with Crippen molar-refractivity contribution >= 4 is 32.7 Å². The molecule has 0 saturated carbocycles. The van der Waals surface area contributed by atoms with Crippen molar-refractivity contribution in [3.8, 4) is 5.75 Å². The van der Waals surface area contributed by atoms with Crippen molar-refractivity contribution in [1.29, 1.82) is 0 Å². The summed E-state index contributed by atoms with van der Waals surface area (Å²) in [4.78, 5) is 11.2. The number of fused-ring (bicyclic) bond motifs is 1. The van der Waals surface area contributed by atoms with Crippen LogP contribution in [-0.2, 0) is 0 Å². The molecule has 0 bridgehead atoms. The molecule has 82 valence electrons. The van der Waals surface area contributed by atoms with Gasteiger partial charge in [0.25, 0.3) is 0 Å². The highest BCUT2D eigenvalue weighted by Crippen LogP contribution is 2.29. The highest BCUT2D eigenvalue weighted by atomic mass is 79.9. The average Bonchev–Trinajstić information content (AvgIpc) is 2.26. The standard InChI is InChI=1S/C12H9BrO3/c1-16-10-5-2-7-6-8(13)3-4-9(7)11(10)12(14)15/h2-6H,1H3,(H,14,15). The van der Waals surface area contributed by atoms with Gasteiger partial charge in [0.05, 0.1) is 7.11 Å². The van der Waals surface area contributed by atoms with Crippen molar-refractivity contribution in [1.82, 2.24) is 0 Å². The second-order valence-electron chi connectivity index (χ2n) is 3.31. The number of benzene rings is 2. The maximum atomic E-state index is 11.2. The monoisotopic (exact) mass is 280 g/mol. The summed E-state index contributed by atoms with van der Waals surface area (Å²) in [5.41, 5.74) is 0.201. The molecule has 2 rings (SSSR count). The summed E-state index contributed by atoms with van der Waals surface area (Å²) in [6.45, 7) is 0. The van der Waals surface area contributed by atoms with Gasteiger partial charge in [0.15, 0.2) is 0 Å². The van der Waals surface area contributed by atoms with Gasteiger partial charge in [0, 0.05) is 9.86 Å². The van der Waals surface area contributed by atoms with E-state index in [1.807, 2.05) is 18.2 Å². The molecule has 1 N–H and O–H groups in total. The van der Waals surface area contributed by atoms with Crippen LogP contribution in [0.3, 0.4) is 0 Å². The molecular weight excluding hydrogens is 272 g/mol. The van der Waals surface area contributed by atoms with Crippen molar-refractivity contribution in [2.45, 2.75) is 0 Å². The van der Waals surface area contributed by atoms with Crippen LogP contribution >= 0.6 is 15.9 Å². The fraction of sp³-hybridized carbons (Fsp3) is 0.0833. The molecule has 0 heterocycles. The van der Waals surface area contributed by atoms with Gasteiger partial charge in [0.1, 0.15) is 11.3 Å². The van der Waals surface area contributed by atoms with Gasteiger partial charge >= 0.3 is 5.97 Å². The molecule has 0 amide bonds. The Kier molecular flexibility index (Phi) is 2.83. The maximum Gasteiger partial charge on any atom is 0.340 e. The summed E-state index contributed by atoms with van der Waals surface area (Å²) in [6, 6.07) is 8.96. The number of ether oxygens (including phenoxy) is 1. The first kappa shape index (κ1) is 11.0. The van der Waals surface area contributed by atoms with E-state index in [1.165, 1.54) is 7.11 Å². The highest BCUT2D eigenvalue weighted by molar-refractivity contribution is 9.10. The molecule has 0 unspecified atom stereocenters. The topological polar surface area (TPSA) is 46.5 Å². The zero-order valence-corrected chi connectivity index (χ0v) is 10.1. The lowest BCUT2D eigenvalue weighted by molar-refractivity contribution is 0.0695. The SMILES string of the molecule is COc1ccc2cc(Br)ccc2c1C(=O)O. The van der Waals surface area contributed by atoms with Crippen molar-refractivity contribution in [3.05, 3.63) is 40.4 Å². The van der Waals surface area contributed by atoms with Crippen LogP contribution in [-0.4, -0.2) is 18.2 Å². The predicted molar refractivity (Wildman–Crippen MR) is 65.2 cm³/mol. The summed E-state index contributed by atoms with van der Waals surface area (Å²) < 4.78 is 5.97. The quantitative estimate of drug-likeness (QED) is 0.918. The summed E-state index contributed by atoms with van der Waals surface area (Å²) in [7, 11) is 1.46. The van der Waals surface area contributed by atoms with E-state index in [0.29, 0.717) is 11.1 Å². The largest absolute Gasteiger partial charge is 0.496 e. The molecule has 0 radical (unpaired) electrons. The van der Waals surface area contributed by atoms with E-state index >= 15 is 0 Å².